The molecule has 126 valence electrons. The van der Waals surface area contributed by atoms with Crippen molar-refractivity contribution in [2.24, 2.45) is 0 Å². The Hall–Kier alpha value is -1.66. The Morgan fingerprint density at radius 1 is 1.48 bits per heavy atom. The molecule has 2 unspecified atom stereocenters. The molecule has 0 aliphatic carbocycles. The van der Waals surface area contributed by atoms with E-state index < -0.39 is 0 Å². The average Bonchev–Trinajstić information content (AvgIpc) is 3.20. The largest absolute Gasteiger partial charge is 0.354 e. The minimum atomic E-state index is 0.0977. The van der Waals surface area contributed by atoms with Crippen LogP contribution in [0.15, 0.2) is 36.2 Å². The summed E-state index contributed by atoms with van der Waals surface area (Å²) in [7, 11) is 4.09. The highest BCUT2D eigenvalue weighted by Gasteiger charge is 2.18. The van der Waals surface area contributed by atoms with E-state index in [2.05, 4.69) is 39.6 Å². The van der Waals surface area contributed by atoms with E-state index in [-0.39, 0.29) is 18.0 Å². The van der Waals surface area contributed by atoms with Gasteiger partial charge in [0, 0.05) is 36.3 Å². The van der Waals surface area contributed by atoms with E-state index in [0.29, 0.717) is 13.0 Å². The van der Waals surface area contributed by atoms with Gasteiger partial charge < -0.3 is 14.8 Å². The van der Waals surface area contributed by atoms with Crippen LogP contribution in [0.4, 0.5) is 0 Å². The van der Waals surface area contributed by atoms with Crippen LogP contribution < -0.4 is 5.32 Å². The molecule has 0 bridgehead atoms. The molecule has 0 spiro atoms. The van der Waals surface area contributed by atoms with Gasteiger partial charge in [-0.3, -0.25) is 4.79 Å². The topological polar surface area (TPSA) is 50.2 Å². The Balaban J connectivity index is 1.90. The fourth-order valence-electron chi connectivity index (χ4n) is 2.69. The molecule has 5 nitrogen and oxygen atoms in total. The first kappa shape index (κ1) is 17.7. The van der Waals surface area contributed by atoms with Crippen molar-refractivity contribution in [2.45, 2.75) is 38.3 Å². The van der Waals surface area contributed by atoms with Crippen molar-refractivity contribution in [3.8, 4) is 0 Å². The van der Waals surface area contributed by atoms with Crippen LogP contribution in [-0.2, 0) is 4.79 Å². The number of rotatable bonds is 9. The molecule has 1 amide bonds. The second-order valence-corrected chi connectivity index (χ2v) is 6.93. The van der Waals surface area contributed by atoms with Crippen molar-refractivity contribution in [2.75, 3.05) is 20.6 Å². The molecule has 2 rings (SSSR count). The summed E-state index contributed by atoms with van der Waals surface area (Å²) in [6.07, 6.45) is 8.01. The van der Waals surface area contributed by atoms with E-state index >= 15 is 0 Å². The number of nitrogens with one attached hydrogen (secondary N) is 1. The molecule has 2 aromatic heterocycles. The smallest absolute Gasteiger partial charge is 0.222 e. The van der Waals surface area contributed by atoms with Gasteiger partial charge in [0.1, 0.15) is 0 Å². The molecule has 0 aromatic carbocycles. The van der Waals surface area contributed by atoms with Gasteiger partial charge in [0.15, 0.2) is 0 Å². The Morgan fingerprint density at radius 3 is 2.87 bits per heavy atom. The van der Waals surface area contributed by atoms with Gasteiger partial charge >= 0.3 is 0 Å². The van der Waals surface area contributed by atoms with Crippen molar-refractivity contribution in [1.29, 1.82) is 0 Å². The number of likely N-dealkylation sites (N-methyl/N-ethyl adjacent to an activating group) is 1. The van der Waals surface area contributed by atoms with Crippen LogP contribution in [-0.4, -0.2) is 41.0 Å². The molecule has 2 atom stereocenters. The van der Waals surface area contributed by atoms with Crippen LogP contribution in [0.3, 0.4) is 0 Å². The van der Waals surface area contributed by atoms with E-state index in [0.717, 1.165) is 12.8 Å². The van der Waals surface area contributed by atoms with Gasteiger partial charge in [0.05, 0.1) is 12.4 Å². The van der Waals surface area contributed by atoms with E-state index in [1.165, 1.54) is 4.88 Å². The van der Waals surface area contributed by atoms with Crippen LogP contribution in [0, 0.1) is 0 Å². The standard InChI is InChI=1S/C17H26N4OS/c1-4-6-14(21-9-8-18-13-21)11-17(22)19-12-15(20(2)3)16-7-5-10-23-16/h5,7-10,13-15H,4,6,11-12H2,1-3H3,(H,19,22). The maximum Gasteiger partial charge on any atom is 0.222 e. The summed E-state index contributed by atoms with van der Waals surface area (Å²) in [5.74, 6) is 0.0977. The monoisotopic (exact) mass is 334 g/mol. The first-order chi connectivity index (χ1) is 11.1. The maximum absolute atomic E-state index is 12.4. The zero-order valence-corrected chi connectivity index (χ0v) is 14.9. The Morgan fingerprint density at radius 2 is 2.30 bits per heavy atom. The van der Waals surface area contributed by atoms with Gasteiger partial charge in [-0.15, -0.1) is 11.3 Å². The summed E-state index contributed by atoms with van der Waals surface area (Å²) >= 11 is 1.73. The molecule has 0 radical (unpaired) electrons. The predicted octanol–water partition coefficient (Wildman–Crippen LogP) is 3.10. The van der Waals surface area contributed by atoms with E-state index in [1.54, 1.807) is 23.9 Å². The second-order valence-electron chi connectivity index (χ2n) is 5.96. The highest BCUT2D eigenvalue weighted by atomic mass is 32.1. The summed E-state index contributed by atoms with van der Waals surface area (Å²) in [5, 5.41) is 5.17. The molecule has 0 aliphatic heterocycles. The molecule has 1 N–H and O–H groups in total. The molecule has 23 heavy (non-hydrogen) atoms. The number of carbonyl (C=O) groups is 1. The van der Waals surface area contributed by atoms with Gasteiger partial charge in [0.2, 0.25) is 5.91 Å². The average molecular weight is 334 g/mol. The zero-order valence-electron chi connectivity index (χ0n) is 14.1. The number of carbonyl (C=O) groups excluding carboxylic acids is 1. The van der Waals surface area contributed by atoms with Crippen molar-refractivity contribution >= 4 is 17.2 Å². The van der Waals surface area contributed by atoms with Crippen molar-refractivity contribution in [3.05, 3.63) is 41.1 Å². The summed E-state index contributed by atoms with van der Waals surface area (Å²) in [4.78, 5) is 19.9. The third-order valence-electron chi connectivity index (χ3n) is 3.98. The van der Waals surface area contributed by atoms with Crippen LogP contribution in [0.5, 0.6) is 0 Å². The van der Waals surface area contributed by atoms with Gasteiger partial charge in [0.25, 0.3) is 0 Å². The quantitative estimate of drug-likeness (QED) is 0.766. The number of imidazole rings is 1. The second kappa shape index (κ2) is 8.84. The van der Waals surface area contributed by atoms with Crippen molar-refractivity contribution in [1.82, 2.24) is 19.8 Å². The number of hydrogen-bond donors (Lipinski definition) is 1. The van der Waals surface area contributed by atoms with Gasteiger partial charge in [-0.05, 0) is 32.0 Å². The van der Waals surface area contributed by atoms with E-state index in [1.807, 2.05) is 24.9 Å². The molecule has 2 aromatic rings. The molecule has 2 heterocycles. The van der Waals surface area contributed by atoms with Crippen LogP contribution in [0.25, 0.3) is 0 Å². The minimum Gasteiger partial charge on any atom is -0.354 e. The molecule has 0 saturated carbocycles. The minimum absolute atomic E-state index is 0.0977. The highest BCUT2D eigenvalue weighted by Crippen LogP contribution is 2.23. The van der Waals surface area contributed by atoms with Crippen LogP contribution in [0.1, 0.15) is 43.1 Å². The number of hydrogen-bond acceptors (Lipinski definition) is 4. The summed E-state index contributed by atoms with van der Waals surface area (Å²) in [6.45, 7) is 2.77. The normalized spacial score (nSPS) is 13.9. The van der Waals surface area contributed by atoms with Crippen LogP contribution >= 0.6 is 11.3 Å². The number of amides is 1. The number of thiophene rings is 1. The third kappa shape index (κ3) is 5.18. The number of aromatic nitrogens is 2. The van der Waals surface area contributed by atoms with Gasteiger partial charge in [-0.25, -0.2) is 4.98 Å². The summed E-state index contributed by atoms with van der Waals surface area (Å²) in [5.41, 5.74) is 0. The zero-order chi connectivity index (χ0) is 16.7. The van der Waals surface area contributed by atoms with Crippen molar-refractivity contribution in [3.63, 3.8) is 0 Å². The summed E-state index contributed by atoms with van der Waals surface area (Å²) in [6, 6.07) is 4.57. The van der Waals surface area contributed by atoms with Gasteiger partial charge in [-0.2, -0.15) is 0 Å². The fraction of sp³-hybridized carbons (Fsp3) is 0.529. The lowest BCUT2D eigenvalue weighted by atomic mass is 10.1. The molecule has 0 saturated heterocycles. The highest BCUT2D eigenvalue weighted by molar-refractivity contribution is 7.10. The lowest BCUT2D eigenvalue weighted by Gasteiger charge is -2.24. The van der Waals surface area contributed by atoms with E-state index in [9.17, 15) is 4.79 Å². The van der Waals surface area contributed by atoms with E-state index in [4.69, 9.17) is 0 Å². The Kier molecular flexibility index (Phi) is 6.80. The molecule has 0 aliphatic rings. The molecular weight excluding hydrogens is 308 g/mol. The number of nitrogens with zero attached hydrogens (tertiary/aromatic N) is 3. The van der Waals surface area contributed by atoms with Gasteiger partial charge in [-0.1, -0.05) is 19.4 Å². The lowest BCUT2D eigenvalue weighted by molar-refractivity contribution is -0.122. The Bertz CT molecular complexity index is 565. The SMILES string of the molecule is CCCC(CC(=O)NCC(c1cccs1)N(C)C)n1ccnc1. The fourth-order valence-corrected chi connectivity index (χ4v) is 3.61. The first-order valence-corrected chi connectivity index (χ1v) is 8.93. The van der Waals surface area contributed by atoms with Crippen molar-refractivity contribution < 1.29 is 4.79 Å². The third-order valence-corrected chi connectivity index (χ3v) is 4.95. The lowest BCUT2D eigenvalue weighted by Crippen LogP contribution is -2.35. The van der Waals surface area contributed by atoms with Crippen LogP contribution in [0.2, 0.25) is 0 Å². The molecular formula is C17H26N4OS. The maximum atomic E-state index is 12.4. The molecule has 6 heteroatoms. The Labute approximate surface area is 142 Å². The first-order valence-electron chi connectivity index (χ1n) is 8.05. The summed E-state index contributed by atoms with van der Waals surface area (Å²) < 4.78 is 2.03. The predicted molar refractivity (Wildman–Crippen MR) is 94.5 cm³/mol. The molecule has 0 fully saturated rings.